The zero-order valence-corrected chi connectivity index (χ0v) is 12.3. The summed E-state index contributed by atoms with van der Waals surface area (Å²) in [6.45, 7) is 1.34. The molecule has 2 rings (SSSR count). The quantitative estimate of drug-likeness (QED) is 0.890. The number of aliphatic hydroxyl groups is 1. The van der Waals surface area contributed by atoms with Crippen molar-refractivity contribution in [3.05, 3.63) is 52.0 Å². The normalized spacial score (nSPS) is 13.3. The summed E-state index contributed by atoms with van der Waals surface area (Å²) in [5, 5.41) is 12.7. The first-order valence-corrected chi connectivity index (χ1v) is 8.30. The van der Waals surface area contributed by atoms with Crippen molar-refractivity contribution in [1.82, 2.24) is 4.72 Å². The molecule has 1 heterocycles. The summed E-state index contributed by atoms with van der Waals surface area (Å²) in [6.07, 6.45) is 0. The van der Waals surface area contributed by atoms with Gasteiger partial charge in [0.25, 0.3) is 0 Å². The van der Waals surface area contributed by atoms with Crippen molar-refractivity contribution in [3.8, 4) is 0 Å². The predicted molar refractivity (Wildman–Crippen MR) is 75.4 cm³/mol. The van der Waals surface area contributed by atoms with Crippen LogP contribution in [-0.2, 0) is 16.6 Å². The van der Waals surface area contributed by atoms with Gasteiger partial charge >= 0.3 is 0 Å². The molecule has 2 aromatic rings. The first kappa shape index (κ1) is 15.1. The molecule has 0 bridgehead atoms. The maximum atomic E-state index is 13.7. The van der Waals surface area contributed by atoms with Gasteiger partial charge in [-0.05, 0) is 47.0 Å². The maximum absolute atomic E-state index is 13.7. The molecule has 0 saturated carbocycles. The third kappa shape index (κ3) is 3.24. The summed E-state index contributed by atoms with van der Waals surface area (Å²) in [5.41, 5.74) is 1.16. The van der Waals surface area contributed by atoms with Gasteiger partial charge in [-0.3, -0.25) is 0 Å². The molecule has 1 atom stereocenters. The molecule has 2 N–H and O–H groups in total. The van der Waals surface area contributed by atoms with E-state index in [0.717, 1.165) is 17.7 Å². The highest BCUT2D eigenvalue weighted by Gasteiger charge is 2.22. The first-order valence-electron chi connectivity index (χ1n) is 5.88. The van der Waals surface area contributed by atoms with E-state index >= 15 is 0 Å². The number of halogens is 1. The van der Waals surface area contributed by atoms with Gasteiger partial charge in [0.05, 0.1) is 6.61 Å². The molecule has 0 spiro atoms. The Morgan fingerprint density at radius 1 is 1.40 bits per heavy atom. The van der Waals surface area contributed by atoms with Gasteiger partial charge in [-0.1, -0.05) is 6.07 Å². The third-order valence-corrected chi connectivity index (χ3v) is 5.10. The van der Waals surface area contributed by atoms with Gasteiger partial charge in [0, 0.05) is 6.04 Å². The second-order valence-electron chi connectivity index (χ2n) is 4.32. The second kappa shape index (κ2) is 6.01. The van der Waals surface area contributed by atoms with E-state index in [0.29, 0.717) is 5.56 Å². The summed E-state index contributed by atoms with van der Waals surface area (Å²) in [7, 11) is -3.98. The number of thiophene rings is 1. The highest BCUT2D eigenvalue weighted by molar-refractivity contribution is 7.89. The van der Waals surface area contributed by atoms with E-state index in [-0.39, 0.29) is 6.61 Å². The van der Waals surface area contributed by atoms with Crippen LogP contribution in [0.2, 0.25) is 0 Å². The average Bonchev–Trinajstić information content (AvgIpc) is 2.92. The third-order valence-electron chi connectivity index (χ3n) is 2.84. The molecule has 0 radical (unpaired) electrons. The van der Waals surface area contributed by atoms with Crippen LogP contribution in [0.3, 0.4) is 0 Å². The fourth-order valence-electron chi connectivity index (χ4n) is 1.74. The minimum absolute atomic E-state index is 0.343. The standard InChI is InChI=1S/C13H14FNO3S2/c1-9(11-4-5-19-8-11)15-20(17,18)13-6-10(7-16)2-3-12(13)14/h2-6,8-9,15-16H,7H2,1H3. The lowest BCUT2D eigenvalue weighted by molar-refractivity contribution is 0.281. The zero-order valence-electron chi connectivity index (χ0n) is 10.7. The summed E-state index contributed by atoms with van der Waals surface area (Å²) >= 11 is 1.46. The van der Waals surface area contributed by atoms with E-state index in [9.17, 15) is 12.8 Å². The summed E-state index contributed by atoms with van der Waals surface area (Å²) in [5.74, 6) is -0.841. The van der Waals surface area contributed by atoms with Crippen molar-refractivity contribution in [2.24, 2.45) is 0 Å². The van der Waals surface area contributed by atoms with Gasteiger partial charge < -0.3 is 5.11 Å². The van der Waals surface area contributed by atoms with Gasteiger partial charge in [-0.25, -0.2) is 17.5 Å². The molecule has 0 saturated heterocycles. The fraction of sp³-hybridized carbons (Fsp3) is 0.231. The molecular formula is C13H14FNO3S2. The van der Waals surface area contributed by atoms with Gasteiger partial charge in [-0.15, -0.1) is 0 Å². The van der Waals surface area contributed by atoms with Crippen LogP contribution in [0.4, 0.5) is 4.39 Å². The Bertz CT molecular complexity index is 684. The second-order valence-corrected chi connectivity index (χ2v) is 6.78. The van der Waals surface area contributed by atoms with Crippen LogP contribution < -0.4 is 4.72 Å². The molecule has 20 heavy (non-hydrogen) atoms. The van der Waals surface area contributed by atoms with E-state index in [1.54, 1.807) is 13.0 Å². The molecule has 1 aromatic carbocycles. The van der Waals surface area contributed by atoms with Crippen LogP contribution >= 0.6 is 11.3 Å². The van der Waals surface area contributed by atoms with Gasteiger partial charge in [0.1, 0.15) is 10.7 Å². The fourth-order valence-corrected chi connectivity index (χ4v) is 3.85. The molecular weight excluding hydrogens is 301 g/mol. The van der Waals surface area contributed by atoms with Crippen molar-refractivity contribution in [1.29, 1.82) is 0 Å². The summed E-state index contributed by atoms with van der Waals surface area (Å²) < 4.78 is 40.5. The van der Waals surface area contributed by atoms with E-state index in [4.69, 9.17) is 5.11 Å². The van der Waals surface area contributed by atoms with Crippen molar-refractivity contribution in [2.75, 3.05) is 0 Å². The summed E-state index contributed by atoms with van der Waals surface area (Å²) in [6, 6.07) is 4.87. The molecule has 0 aliphatic carbocycles. The molecule has 0 aliphatic rings. The first-order chi connectivity index (χ1) is 9.44. The number of hydrogen-bond acceptors (Lipinski definition) is 4. The average molecular weight is 315 g/mol. The molecule has 108 valence electrons. The van der Waals surface area contributed by atoms with E-state index < -0.39 is 26.8 Å². The molecule has 0 aliphatic heterocycles. The lowest BCUT2D eigenvalue weighted by atomic mass is 10.2. The largest absolute Gasteiger partial charge is 0.392 e. The maximum Gasteiger partial charge on any atom is 0.244 e. The number of sulfonamides is 1. The molecule has 1 unspecified atom stereocenters. The highest BCUT2D eigenvalue weighted by atomic mass is 32.2. The van der Waals surface area contributed by atoms with Crippen LogP contribution in [0, 0.1) is 5.82 Å². The van der Waals surface area contributed by atoms with Crippen molar-refractivity contribution in [2.45, 2.75) is 24.5 Å². The van der Waals surface area contributed by atoms with E-state index in [2.05, 4.69) is 4.72 Å². The van der Waals surface area contributed by atoms with Crippen molar-refractivity contribution < 1.29 is 17.9 Å². The van der Waals surface area contributed by atoms with Crippen LogP contribution in [0.25, 0.3) is 0 Å². The smallest absolute Gasteiger partial charge is 0.244 e. The highest BCUT2D eigenvalue weighted by Crippen LogP contribution is 2.21. The Morgan fingerprint density at radius 2 is 2.15 bits per heavy atom. The predicted octanol–water partition coefficient (Wildman–Crippen LogP) is 2.42. The SMILES string of the molecule is CC(NS(=O)(=O)c1cc(CO)ccc1F)c1ccsc1. The molecule has 1 aromatic heterocycles. The molecule has 4 nitrogen and oxygen atoms in total. The Balaban J connectivity index is 2.31. The topological polar surface area (TPSA) is 66.4 Å². The van der Waals surface area contributed by atoms with Crippen LogP contribution in [0.5, 0.6) is 0 Å². The number of benzene rings is 1. The number of hydrogen-bond donors (Lipinski definition) is 2. The molecule has 0 fully saturated rings. The summed E-state index contributed by atoms with van der Waals surface area (Å²) in [4.78, 5) is -0.453. The van der Waals surface area contributed by atoms with E-state index in [1.807, 2.05) is 10.8 Å². The number of rotatable bonds is 5. The van der Waals surface area contributed by atoms with Crippen LogP contribution in [-0.4, -0.2) is 13.5 Å². The van der Waals surface area contributed by atoms with Crippen LogP contribution in [0.15, 0.2) is 39.9 Å². The van der Waals surface area contributed by atoms with Crippen LogP contribution in [0.1, 0.15) is 24.1 Å². The number of nitrogens with one attached hydrogen (secondary N) is 1. The van der Waals surface area contributed by atoms with Gasteiger partial charge in [0.15, 0.2) is 0 Å². The zero-order chi connectivity index (χ0) is 14.8. The minimum Gasteiger partial charge on any atom is -0.392 e. The van der Waals surface area contributed by atoms with E-state index in [1.165, 1.54) is 17.4 Å². The molecule has 0 amide bonds. The number of aliphatic hydroxyl groups excluding tert-OH is 1. The Labute approximate surface area is 120 Å². The van der Waals surface area contributed by atoms with Crippen molar-refractivity contribution >= 4 is 21.4 Å². The Kier molecular flexibility index (Phi) is 4.54. The van der Waals surface area contributed by atoms with Crippen molar-refractivity contribution in [3.63, 3.8) is 0 Å². The van der Waals surface area contributed by atoms with Gasteiger partial charge in [0.2, 0.25) is 10.0 Å². The molecule has 7 heteroatoms. The Morgan fingerprint density at radius 3 is 2.75 bits per heavy atom. The van der Waals surface area contributed by atoms with Gasteiger partial charge in [-0.2, -0.15) is 11.3 Å². The monoisotopic (exact) mass is 315 g/mol. The lowest BCUT2D eigenvalue weighted by Crippen LogP contribution is -2.27. The minimum atomic E-state index is -3.98. The lowest BCUT2D eigenvalue weighted by Gasteiger charge is -2.14. The Hall–Kier alpha value is -1.28.